The van der Waals surface area contributed by atoms with Crippen LogP contribution in [0.3, 0.4) is 0 Å². The highest BCUT2D eigenvalue weighted by atomic mass is 32.1. The minimum atomic E-state index is -0.804. The molecule has 6 rings (SSSR count). The Hall–Kier alpha value is -3.18. The van der Waals surface area contributed by atoms with Crippen LogP contribution in [-0.4, -0.2) is 80.2 Å². The largest absolute Gasteiger partial charge is 0.496 e. The van der Waals surface area contributed by atoms with Gasteiger partial charge in [0, 0.05) is 69.1 Å². The minimum Gasteiger partial charge on any atom is -0.496 e. The van der Waals surface area contributed by atoms with Crippen molar-refractivity contribution in [3.63, 3.8) is 0 Å². The van der Waals surface area contributed by atoms with Crippen LogP contribution in [0.25, 0.3) is 11.3 Å². The summed E-state index contributed by atoms with van der Waals surface area (Å²) in [5, 5.41) is 12.5. The van der Waals surface area contributed by atoms with Crippen LogP contribution in [0.5, 0.6) is 11.5 Å². The lowest BCUT2D eigenvalue weighted by Gasteiger charge is -2.38. The second kappa shape index (κ2) is 13.2. The number of nitrogens with zero attached hydrogens (tertiary/aromatic N) is 3. The number of anilines is 1. The Bertz CT molecular complexity index is 1420. The third-order valence-corrected chi connectivity index (χ3v) is 9.97. The number of aliphatic carboxylic acids is 1. The first-order valence-corrected chi connectivity index (χ1v) is 16.0. The average molecular weight is 608 g/mol. The van der Waals surface area contributed by atoms with E-state index in [9.17, 15) is 9.90 Å². The Balaban J connectivity index is 1.17. The maximum atomic E-state index is 11.6. The van der Waals surface area contributed by atoms with Gasteiger partial charge in [0.25, 0.3) is 0 Å². The van der Waals surface area contributed by atoms with E-state index in [4.69, 9.17) is 23.9 Å². The number of piperidine rings is 1. The Morgan fingerprint density at radius 1 is 1.12 bits per heavy atom. The number of carbonyl (C=O) groups is 1. The van der Waals surface area contributed by atoms with E-state index in [2.05, 4.69) is 41.0 Å². The number of benzene rings is 2. The van der Waals surface area contributed by atoms with Crippen LogP contribution in [0.4, 0.5) is 5.13 Å². The molecule has 1 aromatic heterocycles. The van der Waals surface area contributed by atoms with Gasteiger partial charge in [-0.1, -0.05) is 17.7 Å². The molecule has 0 unspecified atom stereocenters. The molecule has 0 amide bonds. The number of hydrogen-bond donors (Lipinski definition) is 1. The van der Waals surface area contributed by atoms with E-state index in [1.165, 1.54) is 11.1 Å². The smallest absolute Gasteiger partial charge is 0.309 e. The van der Waals surface area contributed by atoms with Gasteiger partial charge in [0.05, 0.1) is 24.8 Å². The predicted octanol–water partition coefficient (Wildman–Crippen LogP) is 5.17. The molecular formula is C33H41N3O6S. The summed E-state index contributed by atoms with van der Waals surface area (Å²) < 4.78 is 23.4. The molecule has 0 bridgehead atoms. The second-order valence-electron chi connectivity index (χ2n) is 11.8. The molecule has 4 heterocycles. The van der Waals surface area contributed by atoms with E-state index < -0.39 is 11.9 Å². The van der Waals surface area contributed by atoms with Crippen LogP contribution >= 0.6 is 11.3 Å². The van der Waals surface area contributed by atoms with Gasteiger partial charge in [0.15, 0.2) is 5.13 Å². The molecule has 0 radical (unpaired) electrons. The standard InChI is InChI=1S/C33H41N3O6S/c1-21-4-5-29(26(14-21)28-20-43-33(34-28)36-11-7-25(32(37)38)31(18-36)40-3)42-19-22-15-23-6-10-35(24-8-12-41-13-9-24)17-27(23)30(16-22)39-2/h4-5,14-16,20,24-25,31H,6-13,17-19H2,1-3H3,(H,37,38)/t25-,31+/m1/s1. The Labute approximate surface area is 257 Å². The lowest BCUT2D eigenvalue weighted by molar-refractivity contribution is -0.147. The zero-order valence-electron chi connectivity index (χ0n) is 25.2. The summed E-state index contributed by atoms with van der Waals surface area (Å²) in [6.07, 6.45) is 3.36. The van der Waals surface area contributed by atoms with Crippen LogP contribution in [0.15, 0.2) is 35.7 Å². The number of carboxylic acid groups (broad SMARTS) is 1. The van der Waals surface area contributed by atoms with Gasteiger partial charge in [-0.15, -0.1) is 11.3 Å². The number of hydrogen-bond acceptors (Lipinski definition) is 9. The van der Waals surface area contributed by atoms with E-state index in [1.54, 1.807) is 25.6 Å². The lowest BCUT2D eigenvalue weighted by atomic mass is 9.94. The normalized spacial score (nSPS) is 21.4. The van der Waals surface area contributed by atoms with Gasteiger partial charge in [-0.3, -0.25) is 9.69 Å². The van der Waals surface area contributed by atoms with Gasteiger partial charge in [-0.2, -0.15) is 0 Å². The summed E-state index contributed by atoms with van der Waals surface area (Å²) in [4.78, 5) is 21.3. The first kappa shape index (κ1) is 29.9. The highest BCUT2D eigenvalue weighted by Crippen LogP contribution is 2.37. The number of aryl methyl sites for hydroxylation is 1. The van der Waals surface area contributed by atoms with Crippen LogP contribution in [0.2, 0.25) is 0 Å². The third kappa shape index (κ3) is 6.52. The maximum absolute atomic E-state index is 11.6. The molecule has 2 fully saturated rings. The zero-order valence-corrected chi connectivity index (χ0v) is 26.0. The Morgan fingerprint density at radius 2 is 1.95 bits per heavy atom. The first-order valence-electron chi connectivity index (χ1n) is 15.1. The van der Waals surface area contributed by atoms with Gasteiger partial charge < -0.3 is 29.0 Å². The molecule has 9 nitrogen and oxygen atoms in total. The molecule has 1 N–H and O–H groups in total. The van der Waals surface area contributed by atoms with Crippen LogP contribution < -0.4 is 14.4 Å². The summed E-state index contributed by atoms with van der Waals surface area (Å²) in [7, 11) is 3.33. The molecule has 43 heavy (non-hydrogen) atoms. The summed E-state index contributed by atoms with van der Waals surface area (Å²) in [6, 6.07) is 11.2. The number of rotatable bonds is 9. The number of methoxy groups -OCH3 is 2. The van der Waals surface area contributed by atoms with E-state index >= 15 is 0 Å². The van der Waals surface area contributed by atoms with Crippen LogP contribution in [-0.2, 0) is 33.8 Å². The highest BCUT2D eigenvalue weighted by molar-refractivity contribution is 7.14. The van der Waals surface area contributed by atoms with Crippen molar-refractivity contribution < 1.29 is 28.8 Å². The van der Waals surface area contributed by atoms with Crippen LogP contribution in [0, 0.1) is 12.8 Å². The molecule has 2 atom stereocenters. The summed E-state index contributed by atoms with van der Waals surface area (Å²) in [5.41, 5.74) is 6.65. The summed E-state index contributed by atoms with van der Waals surface area (Å²) >= 11 is 1.56. The quantitative estimate of drug-likeness (QED) is 0.354. The number of carboxylic acids is 1. The number of thiazole rings is 1. The van der Waals surface area contributed by atoms with E-state index in [0.717, 1.165) is 84.6 Å². The van der Waals surface area contributed by atoms with Crippen molar-refractivity contribution in [1.29, 1.82) is 0 Å². The van der Waals surface area contributed by atoms with Gasteiger partial charge in [-0.25, -0.2) is 4.98 Å². The van der Waals surface area contributed by atoms with E-state index in [0.29, 0.717) is 32.2 Å². The first-order chi connectivity index (χ1) is 20.9. The molecule has 10 heteroatoms. The minimum absolute atomic E-state index is 0.366. The Kier molecular flexibility index (Phi) is 9.18. The van der Waals surface area contributed by atoms with Crippen LogP contribution in [0.1, 0.15) is 41.5 Å². The molecule has 0 spiro atoms. The fourth-order valence-electron chi connectivity index (χ4n) is 6.62. The van der Waals surface area contributed by atoms with Gasteiger partial charge in [-0.05, 0) is 61.9 Å². The average Bonchev–Trinajstić information content (AvgIpc) is 3.54. The summed E-state index contributed by atoms with van der Waals surface area (Å²) in [6.45, 7) is 7.31. The summed E-state index contributed by atoms with van der Waals surface area (Å²) in [5.74, 6) is 0.415. The highest BCUT2D eigenvalue weighted by Gasteiger charge is 2.35. The van der Waals surface area contributed by atoms with Crippen molar-refractivity contribution in [2.45, 2.75) is 57.9 Å². The zero-order chi connectivity index (χ0) is 29.9. The molecular weight excluding hydrogens is 566 g/mol. The molecule has 2 aromatic carbocycles. The lowest BCUT2D eigenvalue weighted by Crippen LogP contribution is -2.47. The third-order valence-electron chi connectivity index (χ3n) is 9.06. The van der Waals surface area contributed by atoms with E-state index in [-0.39, 0.29) is 6.10 Å². The van der Waals surface area contributed by atoms with E-state index in [1.807, 2.05) is 11.4 Å². The number of ether oxygens (including phenoxy) is 4. The fourth-order valence-corrected chi connectivity index (χ4v) is 7.48. The van der Waals surface area contributed by atoms with Crippen molar-refractivity contribution in [2.75, 3.05) is 52.0 Å². The SMILES string of the molecule is COc1cc(COc2ccc(C)cc2-c2csc(N3CC[C@@H](C(=O)O)[C@@H](OC)C3)n2)cc2c1CN(C1CCOCC1)CC2. The second-order valence-corrected chi connectivity index (χ2v) is 12.6. The molecule has 3 aliphatic heterocycles. The molecule has 0 aliphatic carbocycles. The monoisotopic (exact) mass is 607 g/mol. The van der Waals surface area contributed by atoms with Crippen molar-refractivity contribution >= 4 is 22.4 Å². The molecule has 230 valence electrons. The van der Waals surface area contributed by atoms with Crippen molar-refractivity contribution in [3.8, 4) is 22.8 Å². The van der Waals surface area contributed by atoms with Crippen molar-refractivity contribution in [3.05, 3.63) is 58.0 Å². The molecule has 3 aliphatic rings. The van der Waals surface area contributed by atoms with Gasteiger partial charge >= 0.3 is 5.97 Å². The van der Waals surface area contributed by atoms with Crippen molar-refractivity contribution in [2.24, 2.45) is 5.92 Å². The van der Waals surface area contributed by atoms with Crippen molar-refractivity contribution in [1.82, 2.24) is 9.88 Å². The predicted molar refractivity (Wildman–Crippen MR) is 166 cm³/mol. The number of fused-ring (bicyclic) bond motifs is 1. The molecule has 0 saturated carbocycles. The molecule has 3 aromatic rings. The maximum Gasteiger partial charge on any atom is 0.309 e. The number of aromatic nitrogens is 1. The fraction of sp³-hybridized carbons (Fsp3) is 0.515. The topological polar surface area (TPSA) is 93.6 Å². The van der Waals surface area contributed by atoms with Gasteiger partial charge in [0.1, 0.15) is 18.1 Å². The molecule has 2 saturated heterocycles. The Morgan fingerprint density at radius 3 is 2.72 bits per heavy atom. The van der Waals surface area contributed by atoms with Gasteiger partial charge in [0.2, 0.25) is 0 Å².